The Morgan fingerprint density at radius 2 is 1.81 bits per heavy atom. The number of hydrogen-bond acceptors (Lipinski definition) is 4. The van der Waals surface area contributed by atoms with E-state index in [0.29, 0.717) is 17.1 Å². The maximum absolute atomic E-state index is 12.7. The van der Waals surface area contributed by atoms with Crippen molar-refractivity contribution in [3.05, 3.63) is 65.5 Å². The van der Waals surface area contributed by atoms with Crippen LogP contribution in [0.25, 0.3) is 0 Å². The van der Waals surface area contributed by atoms with Crippen LogP contribution in [0.5, 0.6) is 0 Å². The van der Waals surface area contributed by atoms with Crippen molar-refractivity contribution < 1.29 is 8.42 Å². The number of aromatic amines is 1. The van der Waals surface area contributed by atoms with Crippen LogP contribution in [0.1, 0.15) is 23.4 Å². The fourth-order valence-corrected chi connectivity index (χ4v) is 5.09. The second kappa shape index (κ2) is 6.74. The lowest BCUT2D eigenvalue weighted by atomic mass is 10.0. The van der Waals surface area contributed by atoms with Crippen molar-refractivity contribution in [2.24, 2.45) is 0 Å². The molecule has 2 heterocycles. The second-order valence-corrected chi connectivity index (χ2v) is 8.42. The number of rotatable bonds is 4. The highest BCUT2D eigenvalue weighted by molar-refractivity contribution is 7.92. The van der Waals surface area contributed by atoms with Gasteiger partial charge in [0.15, 0.2) is 0 Å². The zero-order valence-corrected chi connectivity index (χ0v) is 16.2. The number of aromatic nitrogens is 2. The molecule has 4 rings (SSSR count). The number of para-hydroxylation sites is 1. The van der Waals surface area contributed by atoms with Crippen LogP contribution < -0.4 is 9.62 Å². The average molecular weight is 382 g/mol. The van der Waals surface area contributed by atoms with E-state index in [-0.39, 0.29) is 4.90 Å². The average Bonchev–Trinajstić information content (AvgIpc) is 3.01. The summed E-state index contributed by atoms with van der Waals surface area (Å²) in [7, 11) is -3.68. The minimum absolute atomic E-state index is 0.205. The van der Waals surface area contributed by atoms with Crippen LogP contribution in [-0.4, -0.2) is 25.2 Å². The number of nitrogens with zero attached hydrogens (tertiary/aromatic N) is 2. The van der Waals surface area contributed by atoms with Gasteiger partial charge in [0.25, 0.3) is 10.0 Å². The lowest BCUT2D eigenvalue weighted by molar-refractivity contribution is 0.600. The lowest BCUT2D eigenvalue weighted by Crippen LogP contribution is -2.24. The Kier molecular flexibility index (Phi) is 4.39. The van der Waals surface area contributed by atoms with Gasteiger partial charge < -0.3 is 4.90 Å². The Bertz CT molecular complexity index is 1050. The molecule has 0 atom stereocenters. The third kappa shape index (κ3) is 3.30. The molecule has 0 fully saturated rings. The van der Waals surface area contributed by atoms with Crippen LogP contribution in [-0.2, 0) is 16.4 Å². The smallest absolute Gasteiger partial charge is 0.265 e. The molecule has 140 valence electrons. The normalized spacial score (nSPS) is 14.1. The Balaban J connectivity index is 1.59. The molecule has 0 amide bonds. The van der Waals surface area contributed by atoms with Crippen LogP contribution in [0.3, 0.4) is 0 Å². The summed E-state index contributed by atoms with van der Waals surface area (Å²) in [6.45, 7) is 4.33. The maximum Gasteiger partial charge on any atom is 0.265 e. The summed E-state index contributed by atoms with van der Waals surface area (Å²) in [6.07, 6.45) is 2.19. The largest absolute Gasteiger partial charge is 0.341 e. The molecule has 0 unspecified atom stereocenters. The predicted octanol–water partition coefficient (Wildman–Crippen LogP) is 3.91. The van der Waals surface area contributed by atoms with Crippen molar-refractivity contribution in [2.75, 3.05) is 16.2 Å². The molecule has 3 aromatic rings. The van der Waals surface area contributed by atoms with Gasteiger partial charge in [-0.25, -0.2) is 8.42 Å². The number of nitrogens with one attached hydrogen (secondary N) is 2. The molecule has 0 spiro atoms. The first-order chi connectivity index (χ1) is 13.0. The van der Waals surface area contributed by atoms with E-state index in [4.69, 9.17) is 0 Å². The first kappa shape index (κ1) is 17.6. The maximum atomic E-state index is 12.7. The third-order valence-electron chi connectivity index (χ3n) is 4.87. The van der Waals surface area contributed by atoms with E-state index in [0.717, 1.165) is 25.1 Å². The first-order valence-corrected chi connectivity index (χ1v) is 10.4. The number of sulfonamides is 1. The van der Waals surface area contributed by atoms with Crippen LogP contribution >= 0.6 is 0 Å². The van der Waals surface area contributed by atoms with Crippen molar-refractivity contribution in [1.29, 1.82) is 0 Å². The Morgan fingerprint density at radius 3 is 2.52 bits per heavy atom. The van der Waals surface area contributed by atoms with E-state index in [1.165, 1.54) is 11.3 Å². The summed E-state index contributed by atoms with van der Waals surface area (Å²) in [6, 6.07) is 15.9. The molecule has 0 saturated heterocycles. The molecule has 6 nitrogen and oxygen atoms in total. The van der Waals surface area contributed by atoms with E-state index >= 15 is 0 Å². The molecular weight excluding hydrogens is 360 g/mol. The molecule has 0 aliphatic carbocycles. The molecule has 7 heteroatoms. The number of aryl methyl sites for hydroxylation is 3. The molecule has 0 radical (unpaired) electrons. The molecule has 0 saturated carbocycles. The van der Waals surface area contributed by atoms with Gasteiger partial charge in [0.1, 0.15) is 4.90 Å². The summed E-state index contributed by atoms with van der Waals surface area (Å²) in [5.74, 6) is 0. The molecule has 1 aliphatic rings. The van der Waals surface area contributed by atoms with Gasteiger partial charge in [0.05, 0.1) is 11.4 Å². The highest BCUT2D eigenvalue weighted by Gasteiger charge is 2.23. The van der Waals surface area contributed by atoms with Gasteiger partial charge in [-0.05, 0) is 62.6 Å². The SMILES string of the molecule is Cc1n[nH]c(C)c1S(=O)(=O)Nc1ccc(N2CCCc3ccccc32)cc1. The molecule has 0 bridgehead atoms. The second-order valence-electron chi connectivity index (χ2n) is 6.80. The summed E-state index contributed by atoms with van der Waals surface area (Å²) in [5.41, 5.74) is 5.15. The van der Waals surface area contributed by atoms with E-state index < -0.39 is 10.0 Å². The van der Waals surface area contributed by atoms with Gasteiger partial charge in [-0.3, -0.25) is 9.82 Å². The first-order valence-electron chi connectivity index (χ1n) is 8.95. The van der Waals surface area contributed by atoms with Gasteiger partial charge in [0, 0.05) is 23.6 Å². The number of hydrogen-bond donors (Lipinski definition) is 2. The monoisotopic (exact) mass is 382 g/mol. The lowest BCUT2D eigenvalue weighted by Gasteiger charge is -2.31. The van der Waals surface area contributed by atoms with Crippen LogP contribution in [0, 0.1) is 13.8 Å². The quantitative estimate of drug-likeness (QED) is 0.717. The Labute approximate surface area is 159 Å². The van der Waals surface area contributed by atoms with Crippen LogP contribution in [0.15, 0.2) is 53.4 Å². The number of H-pyrrole nitrogens is 1. The molecular formula is C20H22N4O2S. The van der Waals surface area contributed by atoms with Gasteiger partial charge in [-0.1, -0.05) is 18.2 Å². The van der Waals surface area contributed by atoms with Crippen LogP contribution in [0.4, 0.5) is 17.1 Å². The zero-order chi connectivity index (χ0) is 19.0. The summed E-state index contributed by atoms with van der Waals surface area (Å²) in [4.78, 5) is 2.48. The van der Waals surface area contributed by atoms with E-state index in [1.807, 2.05) is 12.1 Å². The van der Waals surface area contributed by atoms with Gasteiger partial charge in [0.2, 0.25) is 0 Å². The highest BCUT2D eigenvalue weighted by Crippen LogP contribution is 2.34. The minimum atomic E-state index is -3.68. The molecule has 1 aromatic heterocycles. The minimum Gasteiger partial charge on any atom is -0.341 e. The molecule has 27 heavy (non-hydrogen) atoms. The highest BCUT2D eigenvalue weighted by atomic mass is 32.2. The van der Waals surface area contributed by atoms with Crippen molar-refractivity contribution in [1.82, 2.24) is 10.2 Å². The van der Waals surface area contributed by atoms with Gasteiger partial charge in [-0.15, -0.1) is 0 Å². The number of fused-ring (bicyclic) bond motifs is 1. The predicted molar refractivity (Wildman–Crippen MR) is 107 cm³/mol. The third-order valence-corrected chi connectivity index (χ3v) is 6.51. The Hall–Kier alpha value is -2.80. The summed E-state index contributed by atoms with van der Waals surface area (Å²) < 4.78 is 28.0. The Morgan fingerprint density at radius 1 is 1.07 bits per heavy atom. The van der Waals surface area contributed by atoms with Gasteiger partial charge in [-0.2, -0.15) is 5.10 Å². The van der Waals surface area contributed by atoms with Crippen molar-refractivity contribution in [3.8, 4) is 0 Å². The zero-order valence-electron chi connectivity index (χ0n) is 15.4. The fourth-order valence-electron chi connectivity index (χ4n) is 3.65. The van der Waals surface area contributed by atoms with Crippen molar-refractivity contribution >= 4 is 27.1 Å². The van der Waals surface area contributed by atoms with Crippen LogP contribution in [0.2, 0.25) is 0 Å². The summed E-state index contributed by atoms with van der Waals surface area (Å²) in [5, 5.41) is 6.68. The molecule has 2 N–H and O–H groups in total. The number of anilines is 3. The fraction of sp³-hybridized carbons (Fsp3) is 0.250. The molecule has 2 aromatic carbocycles. The van der Waals surface area contributed by atoms with Crippen molar-refractivity contribution in [3.63, 3.8) is 0 Å². The van der Waals surface area contributed by atoms with E-state index in [1.54, 1.807) is 26.0 Å². The summed E-state index contributed by atoms with van der Waals surface area (Å²) >= 11 is 0. The van der Waals surface area contributed by atoms with E-state index in [2.05, 4.69) is 44.1 Å². The van der Waals surface area contributed by atoms with Gasteiger partial charge >= 0.3 is 0 Å². The van der Waals surface area contributed by atoms with E-state index in [9.17, 15) is 8.42 Å². The topological polar surface area (TPSA) is 78.1 Å². The standard InChI is InChI=1S/C20H22N4O2S/c1-14-20(15(2)22-21-14)27(25,26)23-17-9-11-18(12-10-17)24-13-5-7-16-6-3-4-8-19(16)24/h3-4,6,8-12,23H,5,7,13H2,1-2H3,(H,21,22). The molecule has 1 aliphatic heterocycles. The van der Waals surface area contributed by atoms with Crippen molar-refractivity contribution in [2.45, 2.75) is 31.6 Å². The number of benzene rings is 2.